The Morgan fingerprint density at radius 2 is 2.50 bits per heavy atom. The normalized spacial score (nSPS) is 19.9. The maximum Gasteiger partial charge on any atom is 0.0761 e. The predicted molar refractivity (Wildman–Crippen MR) is 36.0 cm³/mol. The molecule has 1 aliphatic heterocycles. The van der Waals surface area contributed by atoms with Gasteiger partial charge in [-0.2, -0.15) is 0 Å². The number of hydrogen-bond acceptors (Lipinski definition) is 2. The molecule has 0 aromatic rings. The molecule has 2 heteroatoms. The van der Waals surface area contributed by atoms with Gasteiger partial charge in [-0.1, -0.05) is 0 Å². The van der Waals surface area contributed by atoms with Crippen LogP contribution in [-0.2, 0) is 0 Å². The Morgan fingerprint density at radius 1 is 1.62 bits per heavy atom. The highest BCUT2D eigenvalue weighted by Crippen LogP contribution is 1.87. The Morgan fingerprint density at radius 3 is 3.38 bits per heavy atom. The molecular weight excluding hydrogens is 100 g/mol. The van der Waals surface area contributed by atoms with Crippen molar-refractivity contribution in [3.05, 3.63) is 0 Å². The Balaban J connectivity index is 2.51. The van der Waals surface area contributed by atoms with Crippen molar-refractivity contribution in [3.63, 3.8) is 0 Å². The molecule has 1 aliphatic rings. The van der Waals surface area contributed by atoms with Crippen LogP contribution in [-0.4, -0.2) is 25.0 Å². The van der Waals surface area contributed by atoms with Crippen molar-refractivity contribution in [2.24, 2.45) is 9.98 Å². The largest absolute Gasteiger partial charge is 0.292 e. The van der Waals surface area contributed by atoms with Crippen molar-refractivity contribution in [3.8, 4) is 0 Å². The van der Waals surface area contributed by atoms with Gasteiger partial charge in [-0.3, -0.25) is 9.98 Å². The van der Waals surface area contributed by atoms with Gasteiger partial charge in [0.2, 0.25) is 0 Å². The minimum absolute atomic E-state index is 0.806. The zero-order valence-corrected chi connectivity index (χ0v) is 5.09. The van der Waals surface area contributed by atoms with Crippen LogP contribution in [0.3, 0.4) is 0 Å². The summed E-state index contributed by atoms with van der Waals surface area (Å²) in [5.41, 5.74) is 1.15. The third kappa shape index (κ3) is 1.45. The summed E-state index contributed by atoms with van der Waals surface area (Å²) in [5, 5.41) is 0. The smallest absolute Gasteiger partial charge is 0.0761 e. The van der Waals surface area contributed by atoms with E-state index in [1.807, 2.05) is 13.1 Å². The van der Waals surface area contributed by atoms with Gasteiger partial charge >= 0.3 is 0 Å². The van der Waals surface area contributed by atoms with Gasteiger partial charge in [-0.15, -0.1) is 0 Å². The summed E-state index contributed by atoms with van der Waals surface area (Å²) in [7, 11) is 0. The highest BCUT2D eigenvalue weighted by atomic mass is 14.8. The third-order valence-electron chi connectivity index (χ3n) is 1.09. The zero-order valence-electron chi connectivity index (χ0n) is 5.09. The summed E-state index contributed by atoms with van der Waals surface area (Å²) in [6.07, 6.45) is 2.96. The number of rotatable bonds is 0. The lowest BCUT2D eigenvalue weighted by molar-refractivity contribution is 1.06. The Kier molecular flexibility index (Phi) is 1.78. The first-order chi connectivity index (χ1) is 3.89. The van der Waals surface area contributed by atoms with Crippen molar-refractivity contribution in [1.29, 1.82) is 0 Å². The molecule has 0 amide bonds. The molecule has 0 spiro atoms. The SMILES string of the molecule is CC1=NCCC=NC1. The van der Waals surface area contributed by atoms with E-state index in [4.69, 9.17) is 0 Å². The molecule has 0 bridgehead atoms. The average Bonchev–Trinajstić information content (AvgIpc) is 1.94. The van der Waals surface area contributed by atoms with Crippen molar-refractivity contribution in [2.45, 2.75) is 13.3 Å². The molecule has 0 fully saturated rings. The fraction of sp³-hybridized carbons (Fsp3) is 0.667. The van der Waals surface area contributed by atoms with Gasteiger partial charge in [0.1, 0.15) is 0 Å². The molecule has 0 saturated carbocycles. The standard InChI is InChI=1S/C6H10N2/c1-6-5-7-3-2-4-8-6/h3H,2,4-5H2,1H3. The molecule has 0 unspecified atom stereocenters. The molecule has 1 heterocycles. The Labute approximate surface area is 49.3 Å². The van der Waals surface area contributed by atoms with Crippen LogP contribution in [0, 0.1) is 0 Å². The summed E-state index contributed by atoms with van der Waals surface area (Å²) >= 11 is 0. The zero-order chi connectivity index (χ0) is 5.82. The van der Waals surface area contributed by atoms with Crippen molar-refractivity contribution >= 4 is 11.9 Å². The second-order valence-electron chi connectivity index (χ2n) is 1.93. The van der Waals surface area contributed by atoms with E-state index in [9.17, 15) is 0 Å². The van der Waals surface area contributed by atoms with E-state index < -0.39 is 0 Å². The van der Waals surface area contributed by atoms with Crippen LogP contribution in [0.15, 0.2) is 9.98 Å². The van der Waals surface area contributed by atoms with Crippen LogP contribution in [0.5, 0.6) is 0 Å². The highest BCUT2D eigenvalue weighted by Gasteiger charge is 1.90. The van der Waals surface area contributed by atoms with E-state index in [1.54, 1.807) is 0 Å². The van der Waals surface area contributed by atoms with Crippen LogP contribution < -0.4 is 0 Å². The second kappa shape index (κ2) is 2.60. The van der Waals surface area contributed by atoms with E-state index in [-0.39, 0.29) is 0 Å². The summed E-state index contributed by atoms with van der Waals surface area (Å²) in [6.45, 7) is 3.75. The van der Waals surface area contributed by atoms with Gasteiger partial charge in [0.05, 0.1) is 6.54 Å². The molecule has 0 atom stereocenters. The van der Waals surface area contributed by atoms with Gasteiger partial charge in [-0.05, 0) is 6.92 Å². The van der Waals surface area contributed by atoms with Crippen LogP contribution in [0.1, 0.15) is 13.3 Å². The number of nitrogens with zero attached hydrogens (tertiary/aromatic N) is 2. The fourth-order valence-electron chi connectivity index (χ4n) is 0.651. The second-order valence-corrected chi connectivity index (χ2v) is 1.93. The lowest BCUT2D eigenvalue weighted by Gasteiger charge is -1.87. The van der Waals surface area contributed by atoms with Crippen molar-refractivity contribution < 1.29 is 0 Å². The predicted octanol–water partition coefficient (Wildman–Crippen LogP) is 0.922. The molecule has 0 radical (unpaired) electrons. The molecule has 0 N–H and O–H groups in total. The maximum atomic E-state index is 4.22. The molecular formula is C6H10N2. The third-order valence-corrected chi connectivity index (χ3v) is 1.09. The van der Waals surface area contributed by atoms with Gasteiger partial charge in [0, 0.05) is 24.9 Å². The first-order valence-electron chi connectivity index (χ1n) is 2.88. The van der Waals surface area contributed by atoms with E-state index in [0.717, 1.165) is 25.2 Å². The highest BCUT2D eigenvalue weighted by molar-refractivity contribution is 5.85. The quantitative estimate of drug-likeness (QED) is 0.443. The maximum absolute atomic E-state index is 4.22. The molecule has 0 aromatic heterocycles. The van der Waals surface area contributed by atoms with Crippen molar-refractivity contribution in [1.82, 2.24) is 0 Å². The monoisotopic (exact) mass is 110 g/mol. The lowest BCUT2D eigenvalue weighted by Crippen LogP contribution is -1.94. The number of hydrogen-bond donors (Lipinski definition) is 0. The van der Waals surface area contributed by atoms with E-state index in [1.165, 1.54) is 0 Å². The van der Waals surface area contributed by atoms with E-state index in [0.29, 0.717) is 0 Å². The minimum Gasteiger partial charge on any atom is -0.292 e. The average molecular weight is 110 g/mol. The lowest BCUT2D eigenvalue weighted by atomic mass is 10.4. The van der Waals surface area contributed by atoms with Crippen LogP contribution >= 0.6 is 0 Å². The Bertz CT molecular complexity index is 124. The first-order valence-corrected chi connectivity index (χ1v) is 2.88. The van der Waals surface area contributed by atoms with Gasteiger partial charge in [-0.25, -0.2) is 0 Å². The summed E-state index contributed by atoms with van der Waals surface area (Å²) in [4.78, 5) is 8.31. The minimum atomic E-state index is 0.806. The molecule has 1 rings (SSSR count). The molecule has 0 aromatic carbocycles. The van der Waals surface area contributed by atoms with Crippen molar-refractivity contribution in [2.75, 3.05) is 13.1 Å². The van der Waals surface area contributed by atoms with E-state index in [2.05, 4.69) is 9.98 Å². The molecule has 2 nitrogen and oxygen atoms in total. The fourth-order valence-corrected chi connectivity index (χ4v) is 0.651. The van der Waals surface area contributed by atoms with Gasteiger partial charge in [0.15, 0.2) is 0 Å². The van der Waals surface area contributed by atoms with E-state index >= 15 is 0 Å². The van der Waals surface area contributed by atoms with Gasteiger partial charge < -0.3 is 0 Å². The Hall–Kier alpha value is -0.660. The molecule has 0 aliphatic carbocycles. The first kappa shape index (κ1) is 5.48. The number of aliphatic imine (C=N–C) groups is 2. The molecule has 44 valence electrons. The molecule has 0 saturated heterocycles. The summed E-state index contributed by atoms with van der Waals surface area (Å²) in [5.74, 6) is 0. The van der Waals surface area contributed by atoms with Crippen LogP contribution in [0.25, 0.3) is 0 Å². The molecule has 8 heavy (non-hydrogen) atoms. The van der Waals surface area contributed by atoms with Crippen LogP contribution in [0.2, 0.25) is 0 Å². The van der Waals surface area contributed by atoms with Gasteiger partial charge in [0.25, 0.3) is 0 Å². The summed E-state index contributed by atoms with van der Waals surface area (Å²) < 4.78 is 0. The topological polar surface area (TPSA) is 24.7 Å². The van der Waals surface area contributed by atoms with Crippen LogP contribution in [0.4, 0.5) is 0 Å². The summed E-state index contributed by atoms with van der Waals surface area (Å²) in [6, 6.07) is 0.